The van der Waals surface area contributed by atoms with Gasteiger partial charge in [0.05, 0.1) is 6.54 Å². The molecule has 0 saturated heterocycles. The molecule has 0 aliphatic carbocycles. The van der Waals surface area contributed by atoms with E-state index in [-0.39, 0.29) is 12.3 Å². The molecule has 0 bridgehead atoms. The zero-order chi connectivity index (χ0) is 20.8. The number of ketones is 1. The number of Topliss-reactive ketones (excluding diaryl/α,β-unsaturated/α-hetero) is 1. The van der Waals surface area contributed by atoms with Gasteiger partial charge in [0.1, 0.15) is 11.2 Å². The lowest BCUT2D eigenvalue weighted by Crippen LogP contribution is -2.43. The molecule has 2 amide bonds. The van der Waals surface area contributed by atoms with E-state index in [1.807, 2.05) is 6.07 Å². The van der Waals surface area contributed by atoms with E-state index in [4.69, 9.17) is 9.47 Å². The van der Waals surface area contributed by atoms with Gasteiger partial charge in [0.2, 0.25) is 0 Å². The first-order valence-corrected chi connectivity index (χ1v) is 8.79. The maximum atomic E-state index is 12.4. The predicted octanol–water partition coefficient (Wildman–Crippen LogP) is 5.07. The number of carbonyl (C=O) groups excluding carboxylic acids is 3. The quantitative estimate of drug-likeness (QED) is 0.687. The Kier molecular flexibility index (Phi) is 7.34. The van der Waals surface area contributed by atoms with Crippen LogP contribution in [-0.4, -0.2) is 40.6 Å². The summed E-state index contributed by atoms with van der Waals surface area (Å²) in [6.45, 7) is 11.8. The van der Waals surface area contributed by atoms with E-state index in [0.29, 0.717) is 5.56 Å². The Bertz CT molecular complexity index is 695. The van der Waals surface area contributed by atoms with Gasteiger partial charge in [0.15, 0.2) is 5.78 Å². The molecule has 0 aromatic heterocycles. The van der Waals surface area contributed by atoms with Gasteiger partial charge in [-0.3, -0.25) is 4.79 Å². The molecule has 1 aromatic carbocycles. The smallest absolute Gasteiger partial charge is 0.420 e. The summed E-state index contributed by atoms with van der Waals surface area (Å²) >= 11 is 0. The molecule has 0 aliphatic heterocycles. The van der Waals surface area contributed by atoms with Gasteiger partial charge in [-0.15, -0.1) is 0 Å². The molecule has 0 radical (unpaired) electrons. The third-order valence-electron chi connectivity index (χ3n) is 3.12. The third-order valence-corrected chi connectivity index (χ3v) is 3.12. The molecule has 0 fully saturated rings. The molecular formula is C21H29NO5. The van der Waals surface area contributed by atoms with Gasteiger partial charge in [-0.05, 0) is 60.1 Å². The Balaban J connectivity index is 2.96. The van der Waals surface area contributed by atoms with Crippen molar-refractivity contribution in [3.63, 3.8) is 0 Å². The van der Waals surface area contributed by atoms with Gasteiger partial charge < -0.3 is 9.47 Å². The molecule has 0 heterocycles. The summed E-state index contributed by atoms with van der Waals surface area (Å²) in [6, 6.07) is 7.07. The highest BCUT2D eigenvalue weighted by molar-refractivity contribution is 5.94. The summed E-state index contributed by atoms with van der Waals surface area (Å²) in [4.78, 5) is 37.2. The summed E-state index contributed by atoms with van der Waals surface area (Å²) in [5.74, 6) is -0.0330. The van der Waals surface area contributed by atoms with E-state index in [1.165, 1.54) is 6.92 Å². The summed E-state index contributed by atoms with van der Waals surface area (Å²) in [6.07, 6.45) is 1.82. The number of hydrogen-bond donors (Lipinski definition) is 0. The van der Waals surface area contributed by atoms with Crippen molar-refractivity contribution in [2.45, 2.75) is 59.7 Å². The monoisotopic (exact) mass is 375 g/mol. The standard InChI is InChI=1S/C21H29NO5/c1-15(23)17-12-8-10-16(14-17)11-9-13-22(18(24)26-20(2,3)4)19(25)27-21(5,6)7/h8-12,14H,13H2,1-7H3/b11-9+. The minimum absolute atomic E-state index is 0.0197. The van der Waals surface area contributed by atoms with Crippen LogP contribution >= 0.6 is 0 Å². The van der Waals surface area contributed by atoms with Gasteiger partial charge in [0, 0.05) is 5.56 Å². The maximum absolute atomic E-state index is 12.4. The van der Waals surface area contributed by atoms with Crippen LogP contribution in [0.3, 0.4) is 0 Å². The van der Waals surface area contributed by atoms with Crippen molar-refractivity contribution in [3.05, 3.63) is 41.5 Å². The van der Waals surface area contributed by atoms with Gasteiger partial charge in [-0.2, -0.15) is 0 Å². The molecule has 1 rings (SSSR count). The fourth-order valence-electron chi connectivity index (χ4n) is 2.01. The van der Waals surface area contributed by atoms with Crippen LogP contribution in [0.2, 0.25) is 0 Å². The number of benzene rings is 1. The lowest BCUT2D eigenvalue weighted by atomic mass is 10.1. The molecule has 0 aliphatic rings. The van der Waals surface area contributed by atoms with Crippen molar-refractivity contribution in [1.29, 1.82) is 0 Å². The lowest BCUT2D eigenvalue weighted by Gasteiger charge is -2.28. The Morgan fingerprint density at radius 2 is 1.48 bits per heavy atom. The number of nitrogens with zero attached hydrogens (tertiary/aromatic N) is 1. The zero-order valence-corrected chi connectivity index (χ0v) is 17.2. The van der Waals surface area contributed by atoms with Gasteiger partial charge in [0.25, 0.3) is 0 Å². The molecule has 6 nitrogen and oxygen atoms in total. The van der Waals surface area contributed by atoms with E-state index in [0.717, 1.165) is 10.5 Å². The Morgan fingerprint density at radius 1 is 0.963 bits per heavy atom. The van der Waals surface area contributed by atoms with Gasteiger partial charge in [-0.1, -0.05) is 30.4 Å². The predicted molar refractivity (Wildman–Crippen MR) is 105 cm³/mol. The highest BCUT2D eigenvalue weighted by Gasteiger charge is 2.30. The largest absolute Gasteiger partial charge is 0.443 e. The minimum Gasteiger partial charge on any atom is -0.443 e. The molecule has 1 aromatic rings. The van der Waals surface area contributed by atoms with E-state index in [1.54, 1.807) is 71.9 Å². The Labute approximate surface area is 161 Å². The van der Waals surface area contributed by atoms with Gasteiger partial charge >= 0.3 is 12.2 Å². The topological polar surface area (TPSA) is 72.9 Å². The normalized spacial score (nSPS) is 12.0. The van der Waals surface area contributed by atoms with Crippen LogP contribution in [0.1, 0.15) is 64.4 Å². The number of hydrogen-bond acceptors (Lipinski definition) is 5. The molecule has 0 atom stereocenters. The number of ether oxygens (including phenoxy) is 2. The highest BCUT2D eigenvalue weighted by atomic mass is 16.6. The molecule has 148 valence electrons. The summed E-state index contributed by atoms with van der Waals surface area (Å²) < 4.78 is 10.6. The van der Waals surface area contributed by atoms with Crippen LogP contribution in [-0.2, 0) is 9.47 Å². The van der Waals surface area contributed by atoms with Crippen molar-refractivity contribution >= 4 is 24.0 Å². The SMILES string of the molecule is CC(=O)c1cccc(/C=C/CN(C(=O)OC(C)(C)C)C(=O)OC(C)(C)C)c1. The number of carbonyl (C=O) groups is 3. The summed E-state index contributed by atoms with van der Waals surface area (Å²) in [5, 5.41) is 0. The van der Waals surface area contributed by atoms with Crippen LogP contribution in [0.4, 0.5) is 9.59 Å². The van der Waals surface area contributed by atoms with Crippen LogP contribution in [0.25, 0.3) is 6.08 Å². The minimum atomic E-state index is -0.779. The van der Waals surface area contributed by atoms with Crippen LogP contribution in [0.15, 0.2) is 30.3 Å². The first-order valence-electron chi connectivity index (χ1n) is 8.79. The van der Waals surface area contributed by atoms with Gasteiger partial charge in [-0.25, -0.2) is 14.5 Å². The lowest BCUT2D eigenvalue weighted by molar-refractivity contribution is 0.00375. The van der Waals surface area contributed by atoms with Crippen molar-refractivity contribution in [2.75, 3.05) is 6.54 Å². The molecular weight excluding hydrogens is 346 g/mol. The maximum Gasteiger partial charge on any atom is 0.420 e. The first-order chi connectivity index (χ1) is 12.3. The van der Waals surface area contributed by atoms with Crippen molar-refractivity contribution in [1.82, 2.24) is 4.90 Å². The summed E-state index contributed by atoms with van der Waals surface area (Å²) in [7, 11) is 0. The number of rotatable bonds is 4. The van der Waals surface area contributed by atoms with E-state index >= 15 is 0 Å². The Hall–Kier alpha value is -2.63. The number of imide groups is 1. The first kappa shape index (κ1) is 22.4. The van der Waals surface area contributed by atoms with E-state index in [2.05, 4.69) is 0 Å². The second-order valence-electron chi connectivity index (χ2n) is 8.16. The van der Waals surface area contributed by atoms with Crippen molar-refractivity contribution < 1.29 is 23.9 Å². The second kappa shape index (κ2) is 8.84. The van der Waals surface area contributed by atoms with Crippen LogP contribution in [0, 0.1) is 0 Å². The van der Waals surface area contributed by atoms with Crippen molar-refractivity contribution in [2.24, 2.45) is 0 Å². The van der Waals surface area contributed by atoms with Crippen molar-refractivity contribution in [3.8, 4) is 0 Å². The molecule has 0 unspecified atom stereocenters. The molecule has 0 N–H and O–H groups in total. The molecule has 6 heteroatoms. The fourth-order valence-corrected chi connectivity index (χ4v) is 2.01. The van der Waals surface area contributed by atoms with Crippen LogP contribution < -0.4 is 0 Å². The average molecular weight is 375 g/mol. The fraction of sp³-hybridized carbons (Fsp3) is 0.476. The molecule has 0 saturated carbocycles. The molecule has 27 heavy (non-hydrogen) atoms. The van der Waals surface area contributed by atoms with Crippen LogP contribution in [0.5, 0.6) is 0 Å². The van der Waals surface area contributed by atoms with E-state index in [9.17, 15) is 14.4 Å². The molecule has 0 spiro atoms. The zero-order valence-electron chi connectivity index (χ0n) is 17.2. The van der Waals surface area contributed by atoms with E-state index < -0.39 is 23.4 Å². The Morgan fingerprint density at radius 3 is 1.93 bits per heavy atom. The summed E-state index contributed by atoms with van der Waals surface area (Å²) in [5.41, 5.74) is -0.0994. The third kappa shape index (κ3) is 8.53. The highest BCUT2D eigenvalue weighted by Crippen LogP contribution is 2.15. The second-order valence-corrected chi connectivity index (χ2v) is 8.16. The number of amides is 2. The average Bonchev–Trinajstić information content (AvgIpc) is 2.48.